The van der Waals surface area contributed by atoms with Gasteiger partial charge in [-0.05, 0) is 24.6 Å². The Labute approximate surface area is 99.4 Å². The normalized spacial score (nSPS) is 11.8. The second-order valence-electron chi connectivity index (χ2n) is 3.38. The van der Waals surface area contributed by atoms with E-state index in [1.165, 1.54) is 26.3 Å². The summed E-state index contributed by atoms with van der Waals surface area (Å²) in [6.45, 7) is 1.60. The van der Waals surface area contributed by atoms with Crippen LogP contribution in [0.1, 0.15) is 15.9 Å². The Bertz CT molecular complexity index is 538. The number of rotatable bonds is 4. The van der Waals surface area contributed by atoms with Crippen molar-refractivity contribution < 1.29 is 23.2 Å². The van der Waals surface area contributed by atoms with Crippen LogP contribution in [0.25, 0.3) is 0 Å². The van der Waals surface area contributed by atoms with Gasteiger partial charge in [-0.1, -0.05) is 10.5 Å². The minimum absolute atomic E-state index is 0.0458. The molecule has 0 saturated carbocycles. The maximum atomic E-state index is 11.9. The van der Waals surface area contributed by atoms with Crippen molar-refractivity contribution in [3.05, 3.63) is 29.3 Å². The largest absolute Gasteiger partial charge is 0.478 e. The Morgan fingerprint density at radius 2 is 2.00 bits per heavy atom. The van der Waals surface area contributed by atoms with Gasteiger partial charge in [-0.3, -0.25) is 4.84 Å². The van der Waals surface area contributed by atoms with E-state index in [4.69, 9.17) is 5.11 Å². The summed E-state index contributed by atoms with van der Waals surface area (Å²) in [6.07, 6.45) is 0. The lowest BCUT2D eigenvalue weighted by molar-refractivity contribution is -0.0258. The highest BCUT2D eigenvalue weighted by Crippen LogP contribution is 2.18. The summed E-state index contributed by atoms with van der Waals surface area (Å²) in [5, 5.41) is 8.91. The van der Waals surface area contributed by atoms with Crippen LogP contribution in [-0.4, -0.2) is 38.1 Å². The molecule has 0 fully saturated rings. The van der Waals surface area contributed by atoms with Gasteiger partial charge in [-0.2, -0.15) is 0 Å². The van der Waals surface area contributed by atoms with Crippen LogP contribution in [0.2, 0.25) is 0 Å². The van der Waals surface area contributed by atoms with Gasteiger partial charge in [-0.15, -0.1) is 0 Å². The maximum absolute atomic E-state index is 11.9. The molecule has 0 bridgehead atoms. The molecule has 0 spiro atoms. The molecule has 7 heteroatoms. The highest BCUT2D eigenvalue weighted by molar-refractivity contribution is 7.89. The van der Waals surface area contributed by atoms with E-state index in [-0.39, 0.29) is 10.5 Å². The molecule has 0 aromatic heterocycles. The first-order chi connectivity index (χ1) is 7.80. The van der Waals surface area contributed by atoms with Crippen LogP contribution in [0.3, 0.4) is 0 Å². The molecule has 0 radical (unpaired) electrons. The number of carbonyl (C=O) groups is 1. The summed E-state index contributed by atoms with van der Waals surface area (Å²) in [4.78, 5) is 15.4. The van der Waals surface area contributed by atoms with E-state index in [1.54, 1.807) is 6.92 Å². The summed E-state index contributed by atoms with van der Waals surface area (Å²) >= 11 is 0. The van der Waals surface area contributed by atoms with Crippen molar-refractivity contribution in [2.45, 2.75) is 11.8 Å². The predicted molar refractivity (Wildman–Crippen MR) is 60.1 cm³/mol. The first-order valence-corrected chi connectivity index (χ1v) is 6.11. The molecule has 1 aromatic rings. The minimum atomic E-state index is -3.81. The summed E-state index contributed by atoms with van der Waals surface area (Å²) in [5.74, 6) is -1.17. The highest BCUT2D eigenvalue weighted by atomic mass is 32.2. The summed E-state index contributed by atoms with van der Waals surface area (Å²) in [7, 11) is -1.37. The van der Waals surface area contributed by atoms with Crippen molar-refractivity contribution >= 4 is 16.0 Å². The van der Waals surface area contributed by atoms with Crippen LogP contribution in [0.4, 0.5) is 0 Å². The smallest absolute Gasteiger partial charge is 0.335 e. The standard InChI is InChI=1S/C10H13NO5S/c1-7-4-5-8(6-9(7)10(12)13)17(14,15)11(2)16-3/h4-6H,1-3H3,(H,12,13). The number of nitrogens with zero attached hydrogens (tertiary/aromatic N) is 1. The zero-order valence-electron chi connectivity index (χ0n) is 9.67. The van der Waals surface area contributed by atoms with Gasteiger partial charge in [0, 0.05) is 7.05 Å². The van der Waals surface area contributed by atoms with Crippen molar-refractivity contribution in [3.63, 3.8) is 0 Å². The van der Waals surface area contributed by atoms with E-state index in [2.05, 4.69) is 4.84 Å². The zero-order valence-corrected chi connectivity index (χ0v) is 10.5. The second-order valence-corrected chi connectivity index (χ2v) is 5.31. The summed E-state index contributed by atoms with van der Waals surface area (Å²) in [6, 6.07) is 3.90. The zero-order chi connectivity index (χ0) is 13.2. The SMILES string of the molecule is CON(C)S(=O)(=O)c1ccc(C)c(C(=O)O)c1. The Morgan fingerprint density at radius 3 is 2.47 bits per heavy atom. The quantitative estimate of drug-likeness (QED) is 0.811. The molecule has 0 aliphatic carbocycles. The molecular weight excluding hydrogens is 246 g/mol. The van der Waals surface area contributed by atoms with Crippen LogP contribution in [0, 0.1) is 6.92 Å². The Kier molecular flexibility index (Phi) is 3.87. The van der Waals surface area contributed by atoms with E-state index in [0.717, 1.165) is 6.07 Å². The Hall–Kier alpha value is -1.44. The molecular formula is C10H13NO5S. The number of hydrogen-bond acceptors (Lipinski definition) is 4. The van der Waals surface area contributed by atoms with Gasteiger partial charge in [0.25, 0.3) is 10.0 Å². The number of aromatic carboxylic acids is 1. The van der Waals surface area contributed by atoms with Crippen molar-refractivity contribution in [2.75, 3.05) is 14.2 Å². The van der Waals surface area contributed by atoms with Crippen molar-refractivity contribution in [2.24, 2.45) is 0 Å². The third-order valence-corrected chi connectivity index (χ3v) is 4.01. The lowest BCUT2D eigenvalue weighted by Gasteiger charge is -2.14. The van der Waals surface area contributed by atoms with Gasteiger partial charge in [0.05, 0.1) is 17.6 Å². The molecule has 0 atom stereocenters. The number of aryl methyl sites for hydroxylation is 1. The predicted octanol–water partition coefficient (Wildman–Crippen LogP) is 0.875. The lowest BCUT2D eigenvalue weighted by atomic mass is 10.1. The monoisotopic (exact) mass is 259 g/mol. The molecule has 1 rings (SSSR count). The van der Waals surface area contributed by atoms with E-state index < -0.39 is 16.0 Å². The fourth-order valence-corrected chi connectivity index (χ4v) is 2.24. The number of carboxylic acids is 1. The van der Waals surface area contributed by atoms with E-state index in [1.807, 2.05) is 0 Å². The van der Waals surface area contributed by atoms with Gasteiger partial charge in [0.15, 0.2) is 0 Å². The first kappa shape index (κ1) is 13.6. The van der Waals surface area contributed by atoms with Crippen molar-refractivity contribution in [1.29, 1.82) is 0 Å². The molecule has 0 heterocycles. The summed E-state index contributed by atoms with van der Waals surface area (Å²) < 4.78 is 24.4. The molecule has 1 N–H and O–H groups in total. The first-order valence-electron chi connectivity index (χ1n) is 4.67. The van der Waals surface area contributed by atoms with Gasteiger partial charge >= 0.3 is 5.97 Å². The molecule has 1 aromatic carbocycles. The Balaban J connectivity index is 3.35. The molecule has 94 valence electrons. The van der Waals surface area contributed by atoms with Crippen LogP contribution in [0.15, 0.2) is 23.1 Å². The van der Waals surface area contributed by atoms with E-state index in [0.29, 0.717) is 10.0 Å². The highest BCUT2D eigenvalue weighted by Gasteiger charge is 2.22. The molecule has 0 amide bonds. The van der Waals surface area contributed by atoms with E-state index >= 15 is 0 Å². The van der Waals surface area contributed by atoms with Crippen molar-refractivity contribution in [1.82, 2.24) is 4.47 Å². The number of carboxylic acid groups (broad SMARTS) is 1. The van der Waals surface area contributed by atoms with Gasteiger partial charge in [-0.25, -0.2) is 13.2 Å². The van der Waals surface area contributed by atoms with E-state index in [9.17, 15) is 13.2 Å². The molecule has 0 aliphatic heterocycles. The molecule has 17 heavy (non-hydrogen) atoms. The number of hydrogen-bond donors (Lipinski definition) is 1. The Morgan fingerprint density at radius 1 is 1.41 bits per heavy atom. The van der Waals surface area contributed by atoms with Crippen LogP contribution in [-0.2, 0) is 14.9 Å². The second kappa shape index (κ2) is 4.82. The van der Waals surface area contributed by atoms with Gasteiger partial charge in [0.2, 0.25) is 0 Å². The van der Waals surface area contributed by atoms with Gasteiger partial charge < -0.3 is 5.11 Å². The topological polar surface area (TPSA) is 83.9 Å². The molecule has 6 nitrogen and oxygen atoms in total. The number of hydroxylamine groups is 1. The molecule has 0 saturated heterocycles. The minimum Gasteiger partial charge on any atom is -0.478 e. The number of benzene rings is 1. The number of sulfonamides is 1. The third-order valence-electron chi connectivity index (χ3n) is 2.33. The average Bonchev–Trinajstić information content (AvgIpc) is 2.27. The molecule has 0 aliphatic rings. The van der Waals surface area contributed by atoms with Crippen molar-refractivity contribution in [3.8, 4) is 0 Å². The third kappa shape index (κ3) is 2.63. The van der Waals surface area contributed by atoms with Crippen LogP contribution in [0.5, 0.6) is 0 Å². The lowest BCUT2D eigenvalue weighted by Crippen LogP contribution is -2.26. The summed E-state index contributed by atoms with van der Waals surface area (Å²) in [5.41, 5.74) is 0.451. The molecule has 0 unspecified atom stereocenters. The fraction of sp³-hybridized carbons (Fsp3) is 0.300. The average molecular weight is 259 g/mol. The van der Waals surface area contributed by atoms with Gasteiger partial charge in [0.1, 0.15) is 0 Å². The maximum Gasteiger partial charge on any atom is 0.335 e. The van der Waals surface area contributed by atoms with Crippen LogP contribution < -0.4 is 0 Å². The fourth-order valence-electron chi connectivity index (χ4n) is 1.24. The van der Waals surface area contributed by atoms with Crippen LogP contribution >= 0.6 is 0 Å².